The van der Waals surface area contributed by atoms with Crippen LogP contribution in [0, 0.1) is 6.92 Å². The molecule has 0 aliphatic carbocycles. The molecule has 180 valence electrons. The number of hydrogen-bond donors (Lipinski definition) is 5. The first-order chi connectivity index (χ1) is 15.5. The predicted octanol–water partition coefficient (Wildman–Crippen LogP) is -4.72. The summed E-state index contributed by atoms with van der Waals surface area (Å²) in [6.07, 6.45) is -7.76. The van der Waals surface area contributed by atoms with Crippen LogP contribution in [0.4, 0.5) is 0 Å². The number of aliphatic imine (C=N–C) groups is 1. The Balaban J connectivity index is 0.00000408. The summed E-state index contributed by atoms with van der Waals surface area (Å²) in [4.78, 5) is 27.6. The van der Waals surface area contributed by atoms with Gasteiger partial charge in [0.05, 0.1) is 19.1 Å². The first-order valence-electron chi connectivity index (χ1n) is 9.98. The van der Waals surface area contributed by atoms with E-state index in [0.717, 1.165) is 6.92 Å². The monoisotopic (exact) mass is 489 g/mol. The van der Waals surface area contributed by atoms with Gasteiger partial charge in [-0.2, -0.15) is 0 Å². The topological polar surface area (TPSA) is 202 Å². The minimum atomic E-state index is -2.57. The molecule has 0 radical (unpaired) electrons. The molecule has 1 aromatic carbocycles. The van der Waals surface area contributed by atoms with E-state index < -0.39 is 66.8 Å². The molecule has 13 heteroatoms. The van der Waals surface area contributed by atoms with Crippen LogP contribution >= 0.6 is 0 Å². The third-order valence-corrected chi connectivity index (χ3v) is 5.32. The number of aliphatic carboxylic acids is 1. The molecular weight excluding hydrogens is 465 g/mol. The van der Waals surface area contributed by atoms with Crippen molar-refractivity contribution in [3.05, 3.63) is 40.2 Å². The van der Waals surface area contributed by atoms with Crippen LogP contribution in [0.3, 0.4) is 0 Å². The molecule has 3 rings (SSSR count). The van der Waals surface area contributed by atoms with E-state index in [2.05, 4.69) is 4.99 Å². The summed E-state index contributed by atoms with van der Waals surface area (Å²) in [5.41, 5.74) is 0.121. The maximum absolute atomic E-state index is 12.2. The predicted molar refractivity (Wildman–Crippen MR) is 110 cm³/mol. The fourth-order valence-corrected chi connectivity index (χ4v) is 3.73. The van der Waals surface area contributed by atoms with E-state index in [0.29, 0.717) is 10.9 Å². The van der Waals surface area contributed by atoms with Crippen molar-refractivity contribution >= 4 is 22.8 Å². The number of nitrogens with zero attached hydrogens (tertiary/aromatic N) is 1. The van der Waals surface area contributed by atoms with E-state index in [9.17, 15) is 40.2 Å². The third-order valence-electron chi connectivity index (χ3n) is 5.32. The molecule has 1 aliphatic heterocycles. The normalized spacial score (nSPS) is 27.0. The van der Waals surface area contributed by atoms with E-state index in [1.54, 1.807) is 6.92 Å². The summed E-state index contributed by atoms with van der Waals surface area (Å²) in [5, 5.41) is 62.1. The van der Waals surface area contributed by atoms with Crippen LogP contribution in [0.25, 0.3) is 11.0 Å². The number of aliphatic hydroxyl groups excluding tert-OH is 4. The second-order valence-electron chi connectivity index (χ2n) is 7.80. The van der Waals surface area contributed by atoms with Crippen molar-refractivity contribution < 1.29 is 78.9 Å². The van der Waals surface area contributed by atoms with Crippen LogP contribution < -0.4 is 45.0 Å². The van der Waals surface area contributed by atoms with Crippen molar-refractivity contribution in [3.63, 3.8) is 0 Å². The fraction of sp³-hybridized carbons (Fsp3) is 0.476. The number of carbonyl (C=O) groups is 1. The molecule has 0 spiro atoms. The SMILES string of the molecule is CC([O-])=NC1C(O)CC(Oc2ccc3c(C)cc(=O)oc3c2)(C(=O)O)OC1[C@H](O)[C@H](O)CO.[Na+]. The van der Waals surface area contributed by atoms with Gasteiger partial charge in [0, 0.05) is 17.5 Å². The zero-order valence-electron chi connectivity index (χ0n) is 18.7. The first kappa shape index (κ1) is 28.2. The van der Waals surface area contributed by atoms with Crippen molar-refractivity contribution in [1.29, 1.82) is 0 Å². The van der Waals surface area contributed by atoms with E-state index >= 15 is 0 Å². The van der Waals surface area contributed by atoms with Gasteiger partial charge in [0.1, 0.15) is 35.7 Å². The molecule has 0 bridgehead atoms. The average Bonchev–Trinajstić information content (AvgIpc) is 2.73. The standard InChI is InChI=1S/C21H25NO11.Na/c1-9-5-16(27)31-15-6-11(3-4-12(9)15)32-21(20(29)30)7-13(25)17(22-10(2)24)19(33-21)18(28)14(26)8-23;/h3-6,13-14,17-19,23,25-26,28H,7-8H2,1-2H3,(H,22,24)(H,29,30);/q;+1/p-1/t13?,14-,17?,18-,19?,21?;/m1./s1. The number of rotatable bonds is 7. The Bertz CT molecular complexity index is 1120. The molecule has 1 saturated heterocycles. The molecule has 0 saturated carbocycles. The zero-order chi connectivity index (χ0) is 24.5. The molecule has 12 nitrogen and oxygen atoms in total. The molecule has 6 atom stereocenters. The molecule has 1 aliphatic rings. The number of carboxylic acid groups (broad SMARTS) is 1. The first-order valence-corrected chi connectivity index (χ1v) is 9.98. The van der Waals surface area contributed by atoms with Crippen LogP contribution in [0.2, 0.25) is 0 Å². The number of benzene rings is 1. The molecule has 1 aromatic heterocycles. The van der Waals surface area contributed by atoms with Crippen LogP contribution in [0.5, 0.6) is 5.75 Å². The maximum Gasteiger partial charge on any atom is 1.00 e. The Hall–Kier alpha value is -2.03. The van der Waals surface area contributed by atoms with Crippen molar-refractivity contribution in [2.24, 2.45) is 4.99 Å². The number of fused-ring (bicyclic) bond motifs is 1. The van der Waals surface area contributed by atoms with E-state index in [1.165, 1.54) is 24.3 Å². The largest absolute Gasteiger partial charge is 1.00 e. The van der Waals surface area contributed by atoms with Gasteiger partial charge >= 0.3 is 46.9 Å². The Labute approximate surface area is 215 Å². The summed E-state index contributed by atoms with van der Waals surface area (Å²) in [7, 11) is 0. The van der Waals surface area contributed by atoms with Gasteiger partial charge in [-0.05, 0) is 37.4 Å². The molecule has 2 aromatic rings. The Kier molecular flexibility index (Phi) is 9.24. The second-order valence-corrected chi connectivity index (χ2v) is 7.80. The number of hydrogen-bond acceptors (Lipinski definition) is 11. The van der Waals surface area contributed by atoms with Gasteiger partial charge in [-0.1, -0.05) is 0 Å². The van der Waals surface area contributed by atoms with Gasteiger partial charge in [-0.3, -0.25) is 4.99 Å². The Morgan fingerprint density at radius 1 is 1.35 bits per heavy atom. The van der Waals surface area contributed by atoms with Crippen molar-refractivity contribution in [2.75, 3.05) is 6.61 Å². The summed E-state index contributed by atoms with van der Waals surface area (Å²) in [5.74, 6) is -5.07. The summed E-state index contributed by atoms with van der Waals surface area (Å²) >= 11 is 0. The molecular formula is C21H24NNaO11. The second kappa shape index (κ2) is 11.1. The van der Waals surface area contributed by atoms with Crippen LogP contribution in [0.15, 0.2) is 38.5 Å². The van der Waals surface area contributed by atoms with Crippen LogP contribution in [-0.4, -0.2) is 80.3 Å². The number of aliphatic hydroxyl groups is 4. The summed E-state index contributed by atoms with van der Waals surface area (Å²) in [6.45, 7) is 1.86. The van der Waals surface area contributed by atoms with E-state index in [-0.39, 0.29) is 40.9 Å². The molecule has 34 heavy (non-hydrogen) atoms. The number of ether oxygens (including phenoxy) is 2. The smallest absolute Gasteiger partial charge is 0.862 e. The van der Waals surface area contributed by atoms with Crippen molar-refractivity contribution in [3.8, 4) is 5.75 Å². The molecule has 5 N–H and O–H groups in total. The summed E-state index contributed by atoms with van der Waals surface area (Å²) in [6, 6.07) is 4.05. The zero-order valence-corrected chi connectivity index (χ0v) is 20.7. The maximum atomic E-state index is 12.2. The van der Waals surface area contributed by atoms with E-state index in [4.69, 9.17) is 13.9 Å². The van der Waals surface area contributed by atoms with Gasteiger partial charge in [-0.25, -0.2) is 9.59 Å². The minimum absolute atomic E-state index is 0. The Morgan fingerprint density at radius 3 is 2.62 bits per heavy atom. The molecule has 2 heterocycles. The van der Waals surface area contributed by atoms with Crippen molar-refractivity contribution in [2.45, 2.75) is 56.5 Å². The van der Waals surface area contributed by atoms with Gasteiger partial charge in [-0.15, -0.1) is 0 Å². The van der Waals surface area contributed by atoms with Gasteiger partial charge < -0.3 is 44.5 Å². The number of carboxylic acids is 1. The van der Waals surface area contributed by atoms with Gasteiger partial charge in [0.2, 0.25) is 0 Å². The summed E-state index contributed by atoms with van der Waals surface area (Å²) < 4.78 is 16.2. The third kappa shape index (κ3) is 5.78. The van der Waals surface area contributed by atoms with Crippen molar-refractivity contribution in [1.82, 2.24) is 0 Å². The Morgan fingerprint density at radius 2 is 2.03 bits per heavy atom. The minimum Gasteiger partial charge on any atom is -0.862 e. The average molecular weight is 489 g/mol. The fourth-order valence-electron chi connectivity index (χ4n) is 3.73. The van der Waals surface area contributed by atoms with Crippen LogP contribution in [-0.2, 0) is 9.53 Å². The molecule has 1 fully saturated rings. The number of aryl methyl sites for hydroxylation is 1. The van der Waals surface area contributed by atoms with Gasteiger partial charge in [0.15, 0.2) is 0 Å². The van der Waals surface area contributed by atoms with E-state index in [1.807, 2.05) is 0 Å². The molecule has 4 unspecified atom stereocenters. The quantitative estimate of drug-likeness (QED) is 0.108. The molecule has 0 amide bonds. The van der Waals surface area contributed by atoms with Gasteiger partial charge in [0.25, 0.3) is 0 Å². The van der Waals surface area contributed by atoms with Crippen LogP contribution in [0.1, 0.15) is 18.9 Å².